The Hall–Kier alpha value is -0.0800. The third-order valence-electron chi connectivity index (χ3n) is 3.98. The summed E-state index contributed by atoms with van der Waals surface area (Å²) >= 11 is 0. The molecular formula is C12H22O2. The molecule has 0 amide bonds. The summed E-state index contributed by atoms with van der Waals surface area (Å²) in [6.07, 6.45) is 8.13. The Bertz CT molecular complexity index is 169. The molecule has 0 spiro atoms. The predicted octanol–water partition coefficient (Wildman–Crippen LogP) is 1.95. The van der Waals surface area contributed by atoms with Crippen molar-refractivity contribution in [1.82, 2.24) is 0 Å². The first-order valence-electron chi connectivity index (χ1n) is 6.08. The van der Waals surface area contributed by atoms with E-state index in [0.29, 0.717) is 12.5 Å². The van der Waals surface area contributed by atoms with Crippen LogP contribution in [-0.4, -0.2) is 22.9 Å². The molecule has 2 saturated carbocycles. The Kier molecular flexibility index (Phi) is 3.45. The van der Waals surface area contributed by atoms with Gasteiger partial charge in [0, 0.05) is 6.61 Å². The Morgan fingerprint density at radius 3 is 2.14 bits per heavy atom. The van der Waals surface area contributed by atoms with Gasteiger partial charge in [0.1, 0.15) is 0 Å². The topological polar surface area (TPSA) is 40.5 Å². The summed E-state index contributed by atoms with van der Waals surface area (Å²) in [6.45, 7) is 0.379. The lowest BCUT2D eigenvalue weighted by molar-refractivity contribution is 0.0924. The Morgan fingerprint density at radius 1 is 1.00 bits per heavy atom. The van der Waals surface area contributed by atoms with E-state index in [9.17, 15) is 10.2 Å². The van der Waals surface area contributed by atoms with Gasteiger partial charge in [0.15, 0.2) is 0 Å². The molecule has 0 bridgehead atoms. The van der Waals surface area contributed by atoms with Gasteiger partial charge >= 0.3 is 0 Å². The molecule has 0 aromatic carbocycles. The summed E-state index contributed by atoms with van der Waals surface area (Å²) in [5.41, 5.74) is 0. The van der Waals surface area contributed by atoms with Crippen LogP contribution in [-0.2, 0) is 0 Å². The lowest BCUT2D eigenvalue weighted by Gasteiger charge is -2.28. The molecule has 82 valence electrons. The van der Waals surface area contributed by atoms with E-state index in [1.165, 1.54) is 32.1 Å². The van der Waals surface area contributed by atoms with Crippen molar-refractivity contribution < 1.29 is 10.2 Å². The van der Waals surface area contributed by atoms with Gasteiger partial charge in [-0.15, -0.1) is 0 Å². The van der Waals surface area contributed by atoms with Gasteiger partial charge in [0.2, 0.25) is 0 Å². The highest BCUT2D eigenvalue weighted by Gasteiger charge is 2.33. The van der Waals surface area contributed by atoms with Gasteiger partial charge in [-0.1, -0.05) is 0 Å². The van der Waals surface area contributed by atoms with Crippen LogP contribution in [0.2, 0.25) is 0 Å². The molecule has 2 N–H and O–H groups in total. The largest absolute Gasteiger partial charge is 0.396 e. The second kappa shape index (κ2) is 4.63. The van der Waals surface area contributed by atoms with Gasteiger partial charge in [-0.2, -0.15) is 0 Å². The molecule has 2 rings (SSSR count). The molecule has 0 heterocycles. The number of hydrogen-bond donors (Lipinski definition) is 2. The van der Waals surface area contributed by atoms with Crippen LogP contribution in [0.1, 0.15) is 44.9 Å². The first-order valence-corrected chi connectivity index (χ1v) is 6.08. The van der Waals surface area contributed by atoms with E-state index in [1.807, 2.05) is 0 Å². The van der Waals surface area contributed by atoms with Gasteiger partial charge in [-0.25, -0.2) is 0 Å². The molecule has 14 heavy (non-hydrogen) atoms. The fourth-order valence-electron chi connectivity index (χ4n) is 2.79. The van der Waals surface area contributed by atoms with Crippen LogP contribution in [0, 0.1) is 17.8 Å². The quantitative estimate of drug-likeness (QED) is 0.725. The van der Waals surface area contributed by atoms with Crippen LogP contribution in [0.5, 0.6) is 0 Å². The number of hydrogen-bond acceptors (Lipinski definition) is 2. The minimum absolute atomic E-state index is 0.0419. The molecule has 2 heteroatoms. The van der Waals surface area contributed by atoms with Crippen molar-refractivity contribution in [3.8, 4) is 0 Å². The molecule has 2 nitrogen and oxygen atoms in total. The third-order valence-corrected chi connectivity index (χ3v) is 3.98. The van der Waals surface area contributed by atoms with Crippen LogP contribution >= 0.6 is 0 Å². The average molecular weight is 198 g/mol. The maximum Gasteiger partial charge on any atom is 0.0540 e. The van der Waals surface area contributed by atoms with Crippen LogP contribution < -0.4 is 0 Å². The number of aliphatic hydroxyl groups is 2. The van der Waals surface area contributed by atoms with Crippen molar-refractivity contribution in [3.05, 3.63) is 0 Å². The van der Waals surface area contributed by atoms with Crippen LogP contribution in [0.3, 0.4) is 0 Å². The second-order valence-corrected chi connectivity index (χ2v) is 5.19. The number of rotatable bonds is 4. The summed E-state index contributed by atoms with van der Waals surface area (Å²) in [4.78, 5) is 0. The summed E-state index contributed by atoms with van der Waals surface area (Å²) in [7, 11) is 0. The van der Waals surface area contributed by atoms with E-state index in [1.54, 1.807) is 0 Å². The van der Waals surface area contributed by atoms with E-state index in [-0.39, 0.29) is 6.10 Å². The molecule has 0 saturated heterocycles. The highest BCUT2D eigenvalue weighted by atomic mass is 16.3. The van der Waals surface area contributed by atoms with Crippen molar-refractivity contribution in [2.24, 2.45) is 17.8 Å². The zero-order valence-corrected chi connectivity index (χ0v) is 8.86. The Balaban J connectivity index is 1.72. The van der Waals surface area contributed by atoms with E-state index in [2.05, 4.69) is 0 Å². The zero-order chi connectivity index (χ0) is 9.97. The van der Waals surface area contributed by atoms with E-state index < -0.39 is 0 Å². The second-order valence-electron chi connectivity index (χ2n) is 5.19. The van der Waals surface area contributed by atoms with Gasteiger partial charge in [-0.3, -0.25) is 0 Å². The lowest BCUT2D eigenvalue weighted by atomic mass is 9.80. The van der Waals surface area contributed by atoms with Gasteiger partial charge in [0.05, 0.1) is 6.10 Å². The van der Waals surface area contributed by atoms with Crippen LogP contribution in [0.4, 0.5) is 0 Å². The van der Waals surface area contributed by atoms with Gasteiger partial charge < -0.3 is 10.2 Å². The molecule has 0 aliphatic heterocycles. The molecule has 0 aromatic heterocycles. The molecule has 2 aliphatic rings. The molecule has 2 aliphatic carbocycles. The van der Waals surface area contributed by atoms with E-state index in [4.69, 9.17) is 0 Å². The minimum atomic E-state index is -0.0419. The van der Waals surface area contributed by atoms with Crippen molar-refractivity contribution in [3.63, 3.8) is 0 Å². The summed E-state index contributed by atoms with van der Waals surface area (Å²) in [5.74, 6) is 2.17. The fourth-order valence-corrected chi connectivity index (χ4v) is 2.79. The average Bonchev–Trinajstić information content (AvgIpc) is 3.01. The maximum atomic E-state index is 9.39. The fraction of sp³-hybridized carbons (Fsp3) is 1.00. The minimum Gasteiger partial charge on any atom is -0.396 e. The van der Waals surface area contributed by atoms with Crippen molar-refractivity contribution in [1.29, 1.82) is 0 Å². The SMILES string of the molecule is OCC(CC1CCC(O)CC1)C1CC1. The maximum absolute atomic E-state index is 9.39. The first-order chi connectivity index (χ1) is 6.79. The molecule has 0 aromatic rings. The monoisotopic (exact) mass is 198 g/mol. The van der Waals surface area contributed by atoms with Crippen LogP contribution in [0.15, 0.2) is 0 Å². The highest BCUT2D eigenvalue weighted by molar-refractivity contribution is 4.84. The predicted molar refractivity (Wildman–Crippen MR) is 55.9 cm³/mol. The van der Waals surface area contributed by atoms with Crippen molar-refractivity contribution >= 4 is 0 Å². The highest BCUT2D eigenvalue weighted by Crippen LogP contribution is 2.41. The molecular weight excluding hydrogens is 176 g/mol. The third kappa shape index (κ3) is 2.71. The molecule has 0 radical (unpaired) electrons. The smallest absolute Gasteiger partial charge is 0.0540 e. The van der Waals surface area contributed by atoms with Crippen molar-refractivity contribution in [2.75, 3.05) is 6.61 Å². The Morgan fingerprint density at radius 2 is 1.64 bits per heavy atom. The molecule has 1 unspecified atom stereocenters. The Labute approximate surface area is 86.3 Å². The summed E-state index contributed by atoms with van der Waals surface area (Å²) in [6, 6.07) is 0. The lowest BCUT2D eigenvalue weighted by Crippen LogP contribution is -2.22. The van der Waals surface area contributed by atoms with Crippen molar-refractivity contribution in [2.45, 2.75) is 51.0 Å². The number of aliphatic hydroxyl groups excluding tert-OH is 2. The molecule has 1 atom stereocenters. The van der Waals surface area contributed by atoms with Gasteiger partial charge in [-0.05, 0) is 62.7 Å². The normalized spacial score (nSPS) is 35.6. The van der Waals surface area contributed by atoms with E-state index >= 15 is 0 Å². The molecule has 2 fully saturated rings. The van der Waals surface area contributed by atoms with Gasteiger partial charge in [0.25, 0.3) is 0 Å². The zero-order valence-electron chi connectivity index (χ0n) is 8.86. The standard InChI is InChI=1S/C12H22O2/c13-8-11(10-3-4-10)7-9-1-5-12(14)6-2-9/h9-14H,1-8H2. The summed E-state index contributed by atoms with van der Waals surface area (Å²) in [5, 5.41) is 18.7. The first kappa shape index (κ1) is 10.4. The van der Waals surface area contributed by atoms with Crippen LogP contribution in [0.25, 0.3) is 0 Å². The summed E-state index contributed by atoms with van der Waals surface area (Å²) < 4.78 is 0. The van der Waals surface area contributed by atoms with E-state index in [0.717, 1.165) is 24.7 Å².